The minimum atomic E-state index is -4.40. The van der Waals surface area contributed by atoms with Gasteiger partial charge in [0.1, 0.15) is 0 Å². The maximum Gasteiger partial charge on any atom is 0.416 e. The minimum Gasteiger partial charge on any atom is -0.465 e. The molecule has 1 N–H and O–H groups in total. The number of aromatic nitrogens is 3. The Morgan fingerprint density at radius 2 is 1.93 bits per heavy atom. The Kier molecular flexibility index (Phi) is 4.22. The number of anilines is 2. The Balaban J connectivity index is 1.69. The van der Waals surface area contributed by atoms with Gasteiger partial charge in [-0.25, -0.2) is 14.8 Å². The van der Waals surface area contributed by atoms with E-state index < -0.39 is 17.7 Å². The van der Waals surface area contributed by atoms with Crippen LogP contribution in [0.2, 0.25) is 0 Å². The van der Waals surface area contributed by atoms with E-state index in [1.54, 1.807) is 29.8 Å². The molecule has 2 aromatic heterocycles. The zero-order valence-corrected chi connectivity index (χ0v) is 15.5. The Bertz CT molecular complexity index is 1210. The number of thiazole rings is 1. The van der Waals surface area contributed by atoms with E-state index >= 15 is 0 Å². The second-order valence-electron chi connectivity index (χ2n) is 6.01. The van der Waals surface area contributed by atoms with Gasteiger partial charge in [-0.05, 0) is 36.4 Å². The number of nitrogens with zero attached hydrogens (tertiary/aromatic N) is 3. The van der Waals surface area contributed by atoms with Crippen LogP contribution in [-0.4, -0.2) is 27.6 Å². The molecule has 0 saturated heterocycles. The second-order valence-corrected chi connectivity index (χ2v) is 7.04. The van der Waals surface area contributed by atoms with Crippen LogP contribution in [0.5, 0.6) is 0 Å². The quantitative estimate of drug-likeness (QED) is 0.498. The first-order valence-corrected chi connectivity index (χ1v) is 8.87. The van der Waals surface area contributed by atoms with Gasteiger partial charge >= 0.3 is 12.1 Å². The number of imidazole rings is 1. The van der Waals surface area contributed by atoms with Gasteiger partial charge in [0, 0.05) is 7.05 Å². The molecule has 0 spiro atoms. The van der Waals surface area contributed by atoms with Crippen molar-refractivity contribution in [3.05, 3.63) is 47.5 Å². The van der Waals surface area contributed by atoms with Crippen LogP contribution < -0.4 is 5.32 Å². The molecule has 0 radical (unpaired) electrons. The third-order valence-corrected chi connectivity index (χ3v) is 5.17. The van der Waals surface area contributed by atoms with E-state index in [2.05, 4.69) is 15.3 Å². The van der Waals surface area contributed by atoms with Crippen molar-refractivity contribution in [1.82, 2.24) is 14.5 Å². The van der Waals surface area contributed by atoms with Crippen LogP contribution in [0.15, 0.2) is 36.4 Å². The Morgan fingerprint density at radius 3 is 2.64 bits per heavy atom. The summed E-state index contributed by atoms with van der Waals surface area (Å²) in [5.41, 5.74) is 1.48. The molecule has 28 heavy (non-hydrogen) atoms. The molecule has 0 fully saturated rings. The lowest BCUT2D eigenvalue weighted by molar-refractivity contribution is -0.137. The topological polar surface area (TPSA) is 69.0 Å². The van der Waals surface area contributed by atoms with E-state index in [-0.39, 0.29) is 0 Å². The maximum absolute atomic E-state index is 12.9. The Morgan fingerprint density at radius 1 is 1.14 bits per heavy atom. The highest BCUT2D eigenvalue weighted by Crippen LogP contribution is 2.35. The number of methoxy groups -OCH3 is 1. The van der Waals surface area contributed by atoms with Crippen molar-refractivity contribution in [2.24, 2.45) is 7.05 Å². The van der Waals surface area contributed by atoms with Gasteiger partial charge in [0.15, 0.2) is 5.13 Å². The number of hydrogen-bond acceptors (Lipinski definition) is 6. The molecular formula is C18H13F3N4O2S. The highest BCUT2D eigenvalue weighted by Gasteiger charge is 2.30. The zero-order valence-electron chi connectivity index (χ0n) is 14.7. The molecule has 0 aliphatic heterocycles. The van der Waals surface area contributed by atoms with Crippen LogP contribution in [0.4, 0.5) is 24.3 Å². The van der Waals surface area contributed by atoms with Gasteiger partial charge in [0.25, 0.3) is 0 Å². The van der Waals surface area contributed by atoms with Crippen molar-refractivity contribution in [2.75, 3.05) is 12.4 Å². The fraction of sp³-hybridized carbons (Fsp3) is 0.167. The number of carbonyl (C=O) groups excluding carboxylic acids is 1. The van der Waals surface area contributed by atoms with Crippen LogP contribution in [0.25, 0.3) is 21.3 Å². The lowest BCUT2D eigenvalue weighted by Crippen LogP contribution is -2.03. The molecular weight excluding hydrogens is 393 g/mol. The first-order chi connectivity index (χ1) is 13.3. The van der Waals surface area contributed by atoms with Crippen molar-refractivity contribution >= 4 is 49.6 Å². The summed E-state index contributed by atoms with van der Waals surface area (Å²) >= 11 is 1.10. The van der Waals surface area contributed by atoms with E-state index in [0.717, 1.165) is 29.0 Å². The summed E-state index contributed by atoms with van der Waals surface area (Å²) in [5, 5.41) is 3.45. The molecule has 10 heteroatoms. The summed E-state index contributed by atoms with van der Waals surface area (Å²) in [7, 11) is 3.08. The molecule has 6 nitrogen and oxygen atoms in total. The summed E-state index contributed by atoms with van der Waals surface area (Å²) in [6, 6.07) is 8.42. The van der Waals surface area contributed by atoms with Gasteiger partial charge in [-0.2, -0.15) is 13.2 Å². The molecule has 0 aliphatic rings. The second kappa shape index (κ2) is 6.48. The van der Waals surface area contributed by atoms with Crippen LogP contribution in [0.3, 0.4) is 0 Å². The monoisotopic (exact) mass is 406 g/mol. The summed E-state index contributed by atoms with van der Waals surface area (Å²) in [6.45, 7) is 0. The lowest BCUT2D eigenvalue weighted by atomic mass is 10.2. The molecule has 0 saturated carbocycles. The van der Waals surface area contributed by atoms with Crippen molar-refractivity contribution in [2.45, 2.75) is 6.18 Å². The zero-order chi connectivity index (χ0) is 20.1. The number of carbonyl (C=O) groups is 1. The number of nitrogens with one attached hydrogen (secondary N) is 1. The number of alkyl halides is 3. The number of hydrogen-bond donors (Lipinski definition) is 1. The third kappa shape index (κ3) is 3.15. The molecule has 0 aliphatic carbocycles. The molecule has 4 rings (SSSR count). The van der Waals surface area contributed by atoms with Gasteiger partial charge in [0.05, 0.1) is 39.5 Å². The number of halogens is 3. The first kappa shape index (κ1) is 18.2. The van der Waals surface area contributed by atoms with Crippen molar-refractivity contribution in [3.63, 3.8) is 0 Å². The largest absolute Gasteiger partial charge is 0.465 e. The van der Waals surface area contributed by atoms with Crippen LogP contribution in [0.1, 0.15) is 15.9 Å². The summed E-state index contributed by atoms with van der Waals surface area (Å²) in [6.07, 6.45) is -4.40. The van der Waals surface area contributed by atoms with Crippen molar-refractivity contribution < 1.29 is 22.7 Å². The maximum atomic E-state index is 12.9. The number of fused-ring (bicyclic) bond motifs is 2. The SMILES string of the molecule is COC(=O)c1ccc2c(c1)nc(Nc1nc3ccc(C(F)(F)F)cc3s1)n2C. The van der Waals surface area contributed by atoms with Gasteiger partial charge < -0.3 is 14.6 Å². The highest BCUT2D eigenvalue weighted by atomic mass is 32.1. The first-order valence-electron chi connectivity index (χ1n) is 8.06. The molecule has 0 amide bonds. The van der Waals surface area contributed by atoms with Crippen LogP contribution >= 0.6 is 11.3 Å². The molecule has 2 aromatic carbocycles. The molecule has 0 atom stereocenters. The summed E-state index contributed by atoms with van der Waals surface area (Å²) in [4.78, 5) is 20.4. The van der Waals surface area contributed by atoms with E-state index in [1.807, 2.05) is 0 Å². The predicted molar refractivity (Wildman–Crippen MR) is 100.0 cm³/mol. The number of benzene rings is 2. The average Bonchev–Trinajstić information content (AvgIpc) is 3.20. The van der Waals surface area contributed by atoms with E-state index in [0.29, 0.717) is 32.4 Å². The number of ether oxygens (including phenoxy) is 1. The fourth-order valence-corrected chi connectivity index (χ4v) is 3.71. The van der Waals surface area contributed by atoms with Crippen LogP contribution in [0, 0.1) is 0 Å². The lowest BCUT2D eigenvalue weighted by Gasteiger charge is -2.04. The molecule has 4 aromatic rings. The predicted octanol–water partition coefficient (Wildman–Crippen LogP) is 4.73. The Labute approximate surface area is 160 Å². The third-order valence-electron chi connectivity index (χ3n) is 4.24. The molecule has 144 valence electrons. The minimum absolute atomic E-state index is 0.374. The van der Waals surface area contributed by atoms with Gasteiger partial charge in [-0.15, -0.1) is 0 Å². The van der Waals surface area contributed by atoms with Gasteiger partial charge in [-0.1, -0.05) is 11.3 Å². The van der Waals surface area contributed by atoms with E-state index in [4.69, 9.17) is 4.74 Å². The van der Waals surface area contributed by atoms with Crippen molar-refractivity contribution in [3.8, 4) is 0 Å². The molecule has 2 heterocycles. The van der Waals surface area contributed by atoms with E-state index in [9.17, 15) is 18.0 Å². The van der Waals surface area contributed by atoms with Gasteiger partial charge in [-0.3, -0.25) is 0 Å². The average molecular weight is 406 g/mol. The Hall–Kier alpha value is -3.14. The highest BCUT2D eigenvalue weighted by molar-refractivity contribution is 7.22. The summed E-state index contributed by atoms with van der Waals surface area (Å²) < 4.78 is 45.5. The number of rotatable bonds is 3. The standard InChI is InChI=1S/C18H13F3N4O2S/c1-25-13-6-3-9(15(26)27-2)7-12(13)22-16(25)24-17-23-11-5-4-10(18(19,20)21)8-14(11)28-17/h3-8H,1-2H3,(H,22,23,24). The molecule has 0 bridgehead atoms. The summed E-state index contributed by atoms with van der Waals surface area (Å²) in [5.74, 6) is -0.0131. The number of aryl methyl sites for hydroxylation is 1. The fourth-order valence-electron chi connectivity index (χ4n) is 2.81. The van der Waals surface area contributed by atoms with Gasteiger partial charge in [0.2, 0.25) is 5.95 Å². The normalized spacial score (nSPS) is 11.9. The number of esters is 1. The van der Waals surface area contributed by atoms with Crippen molar-refractivity contribution in [1.29, 1.82) is 0 Å². The molecule has 0 unspecified atom stereocenters. The van der Waals surface area contributed by atoms with Crippen LogP contribution in [-0.2, 0) is 18.0 Å². The van der Waals surface area contributed by atoms with E-state index in [1.165, 1.54) is 13.2 Å². The smallest absolute Gasteiger partial charge is 0.416 e.